The van der Waals surface area contributed by atoms with E-state index in [0.29, 0.717) is 17.0 Å². The average Bonchev–Trinajstić information content (AvgIpc) is 3.36. The first-order valence-corrected chi connectivity index (χ1v) is 14.1. The van der Waals surface area contributed by atoms with Gasteiger partial charge in [0.25, 0.3) is 0 Å². The molecule has 0 aliphatic heterocycles. The maximum absolute atomic E-state index is 10.5. The maximum Gasteiger partial charge on any atom is 0.230 e. The Morgan fingerprint density at radius 2 is 1.33 bits per heavy atom. The second kappa shape index (κ2) is 10.8. The number of aromatic hydroxyl groups is 1. The number of para-hydroxylation sites is 1. The molecule has 0 spiro atoms. The summed E-state index contributed by atoms with van der Waals surface area (Å²) < 4.78 is 6.28. The smallest absolute Gasteiger partial charge is 0.230 e. The Bertz CT molecular complexity index is 1940. The van der Waals surface area contributed by atoms with Gasteiger partial charge < -0.3 is 9.52 Å². The normalized spacial score (nSPS) is 12.1. The van der Waals surface area contributed by atoms with E-state index in [-0.39, 0.29) is 37.6 Å². The molecule has 0 aliphatic carbocycles. The zero-order valence-electron chi connectivity index (χ0n) is 25.1. The Morgan fingerprint density at radius 3 is 1.98 bits per heavy atom. The van der Waals surface area contributed by atoms with Gasteiger partial charge in [-0.1, -0.05) is 83.0 Å². The van der Waals surface area contributed by atoms with E-state index in [9.17, 15) is 5.11 Å². The first-order chi connectivity index (χ1) is 19.4. The van der Waals surface area contributed by atoms with Crippen LogP contribution in [0.1, 0.15) is 58.2 Å². The number of aryl methyl sites for hydroxylation is 1. The van der Waals surface area contributed by atoms with E-state index in [1.807, 2.05) is 18.3 Å². The fourth-order valence-electron chi connectivity index (χ4n) is 5.25. The number of rotatable bonds is 3. The standard InChI is InChI=1S/C37H35N2O2.Pt/c1-22-15-16-38-33-28(22)18-25(36(2,3)4)19-29(33)23-11-10-12-24(17-23)30-20-26(37(5,6)7)21-32-34(30)39-35(41-32)27-13-8-9-14-31(27)40;/h8-16,18-21,40H,1-7H3;/q-1;. The molecule has 0 radical (unpaired) electrons. The number of phenolic OH excluding ortho intramolecular Hbond substituents is 1. The Labute approximate surface area is 262 Å². The van der Waals surface area contributed by atoms with Gasteiger partial charge in [0.1, 0.15) is 11.3 Å². The topological polar surface area (TPSA) is 59.2 Å². The first-order valence-electron chi connectivity index (χ1n) is 14.1. The molecule has 0 unspecified atom stereocenters. The molecule has 4 aromatic carbocycles. The summed E-state index contributed by atoms with van der Waals surface area (Å²) in [5, 5.41) is 11.7. The molecule has 0 atom stereocenters. The van der Waals surface area contributed by atoms with Crippen molar-refractivity contribution in [2.75, 3.05) is 0 Å². The van der Waals surface area contributed by atoms with Crippen LogP contribution in [0, 0.1) is 13.0 Å². The van der Waals surface area contributed by atoms with Crippen molar-refractivity contribution in [1.29, 1.82) is 0 Å². The van der Waals surface area contributed by atoms with E-state index in [1.54, 1.807) is 12.1 Å². The van der Waals surface area contributed by atoms with Gasteiger partial charge in [-0.15, -0.1) is 35.4 Å². The Morgan fingerprint density at radius 1 is 0.714 bits per heavy atom. The molecule has 42 heavy (non-hydrogen) atoms. The molecular formula is C37H35N2O2Pt-. The van der Waals surface area contributed by atoms with Crippen molar-refractivity contribution in [2.24, 2.45) is 0 Å². The second-order valence-electron chi connectivity index (χ2n) is 12.9. The fraction of sp³-hybridized carbons (Fsp3) is 0.243. The Hall–Kier alpha value is -3.75. The molecule has 2 heterocycles. The van der Waals surface area contributed by atoms with E-state index < -0.39 is 0 Å². The Kier molecular flexibility index (Phi) is 7.66. The van der Waals surface area contributed by atoms with Gasteiger partial charge in [0.05, 0.1) is 11.1 Å². The van der Waals surface area contributed by atoms with Crippen molar-refractivity contribution in [3.05, 3.63) is 102 Å². The van der Waals surface area contributed by atoms with E-state index in [2.05, 4.69) is 103 Å². The summed E-state index contributed by atoms with van der Waals surface area (Å²) >= 11 is 0. The third kappa shape index (κ3) is 5.41. The summed E-state index contributed by atoms with van der Waals surface area (Å²) in [7, 11) is 0. The number of aromatic nitrogens is 2. The van der Waals surface area contributed by atoms with Crippen molar-refractivity contribution in [2.45, 2.75) is 59.3 Å². The average molecular weight is 735 g/mol. The Balaban J connectivity index is 0.00000353. The van der Waals surface area contributed by atoms with Crippen LogP contribution in [0.5, 0.6) is 5.75 Å². The van der Waals surface area contributed by atoms with Crippen LogP contribution in [0.15, 0.2) is 83.4 Å². The van der Waals surface area contributed by atoms with Crippen LogP contribution in [0.4, 0.5) is 0 Å². The van der Waals surface area contributed by atoms with Crippen molar-refractivity contribution in [3.8, 4) is 39.5 Å². The predicted octanol–water partition coefficient (Wildman–Crippen LogP) is 9.78. The van der Waals surface area contributed by atoms with Crippen molar-refractivity contribution in [3.63, 3.8) is 0 Å². The molecule has 0 fully saturated rings. The zero-order valence-corrected chi connectivity index (χ0v) is 27.3. The van der Waals surface area contributed by atoms with E-state index in [0.717, 1.165) is 44.2 Å². The van der Waals surface area contributed by atoms with Crippen molar-refractivity contribution in [1.82, 2.24) is 9.97 Å². The van der Waals surface area contributed by atoms with Gasteiger partial charge in [-0.05, 0) is 64.1 Å². The summed E-state index contributed by atoms with van der Waals surface area (Å²) in [5.41, 5.74) is 10.4. The van der Waals surface area contributed by atoms with Crippen LogP contribution in [-0.4, -0.2) is 15.1 Å². The molecule has 216 valence electrons. The molecule has 1 N–H and O–H groups in total. The largest absolute Gasteiger partial charge is 0.507 e. The number of pyridine rings is 1. The van der Waals surface area contributed by atoms with Gasteiger partial charge in [-0.2, -0.15) is 0 Å². The van der Waals surface area contributed by atoms with Crippen LogP contribution in [-0.2, 0) is 31.9 Å². The molecular weight excluding hydrogens is 699 g/mol. The predicted molar refractivity (Wildman–Crippen MR) is 168 cm³/mol. The van der Waals surface area contributed by atoms with Gasteiger partial charge in [-0.3, -0.25) is 4.98 Å². The molecule has 0 bridgehead atoms. The first kappa shape index (κ1) is 29.7. The minimum atomic E-state index is -0.110. The monoisotopic (exact) mass is 734 g/mol. The summed E-state index contributed by atoms with van der Waals surface area (Å²) in [6.45, 7) is 15.4. The number of benzene rings is 4. The SMILES string of the molecule is Cc1ccnc2c(-c3[c-]c(-c4cc(C(C)(C)C)cc5oc(-c6ccccc6O)nc45)ccc3)cc(C(C)(C)C)cc12.[Pt]. The van der Waals surface area contributed by atoms with Crippen molar-refractivity contribution < 1.29 is 30.6 Å². The minimum Gasteiger partial charge on any atom is -0.507 e. The van der Waals surface area contributed by atoms with Crippen LogP contribution in [0.3, 0.4) is 0 Å². The summed E-state index contributed by atoms with van der Waals surface area (Å²) in [5.74, 6) is 0.531. The molecule has 5 heteroatoms. The van der Waals surface area contributed by atoms with E-state index >= 15 is 0 Å². The maximum atomic E-state index is 10.5. The molecule has 0 aliphatic rings. The molecule has 4 nitrogen and oxygen atoms in total. The number of hydrogen-bond donors (Lipinski definition) is 1. The molecule has 6 rings (SSSR count). The van der Waals surface area contributed by atoms with E-state index in [1.165, 1.54) is 11.1 Å². The van der Waals surface area contributed by atoms with Crippen LogP contribution in [0.2, 0.25) is 0 Å². The summed E-state index contributed by atoms with van der Waals surface area (Å²) in [4.78, 5) is 9.71. The molecule has 0 saturated heterocycles. The van der Waals surface area contributed by atoms with Gasteiger partial charge >= 0.3 is 0 Å². The number of phenols is 1. The van der Waals surface area contributed by atoms with Gasteiger partial charge in [0.2, 0.25) is 5.89 Å². The summed E-state index contributed by atoms with van der Waals surface area (Å²) in [6, 6.07) is 28.0. The van der Waals surface area contributed by atoms with Crippen LogP contribution >= 0.6 is 0 Å². The number of nitrogens with zero attached hydrogens (tertiary/aromatic N) is 2. The quantitative estimate of drug-likeness (QED) is 0.184. The number of oxazole rings is 1. The molecule has 0 saturated carbocycles. The van der Waals surface area contributed by atoms with Gasteiger partial charge in [-0.25, -0.2) is 4.98 Å². The fourth-order valence-corrected chi connectivity index (χ4v) is 5.25. The van der Waals surface area contributed by atoms with E-state index in [4.69, 9.17) is 14.4 Å². The third-order valence-electron chi connectivity index (χ3n) is 7.80. The molecule has 2 aromatic heterocycles. The van der Waals surface area contributed by atoms with Gasteiger partial charge in [0.15, 0.2) is 0 Å². The second-order valence-corrected chi connectivity index (χ2v) is 12.9. The number of hydrogen-bond acceptors (Lipinski definition) is 4. The third-order valence-corrected chi connectivity index (χ3v) is 7.80. The minimum absolute atomic E-state index is 0. The number of fused-ring (bicyclic) bond motifs is 2. The van der Waals surface area contributed by atoms with Crippen LogP contribution < -0.4 is 0 Å². The summed E-state index contributed by atoms with van der Waals surface area (Å²) in [6.07, 6.45) is 1.88. The molecule has 0 amide bonds. The van der Waals surface area contributed by atoms with Crippen LogP contribution in [0.25, 0.3) is 55.7 Å². The zero-order chi connectivity index (χ0) is 29.1. The van der Waals surface area contributed by atoms with Crippen molar-refractivity contribution >= 4 is 22.0 Å². The molecule has 6 aromatic rings. The van der Waals surface area contributed by atoms with Gasteiger partial charge in [0, 0.05) is 32.8 Å².